The number of amides is 3. The number of aryl methyl sites for hydroxylation is 1. The number of benzene rings is 1. The van der Waals surface area contributed by atoms with Gasteiger partial charge in [0.1, 0.15) is 5.75 Å². The molecule has 1 aliphatic heterocycles. The second-order valence-electron chi connectivity index (χ2n) is 8.46. The van der Waals surface area contributed by atoms with Crippen molar-refractivity contribution in [3.05, 3.63) is 53.3 Å². The fourth-order valence-corrected chi connectivity index (χ4v) is 3.99. The predicted octanol–water partition coefficient (Wildman–Crippen LogP) is 3.95. The molecule has 7 heteroatoms. The van der Waals surface area contributed by atoms with E-state index in [0.717, 1.165) is 30.8 Å². The Morgan fingerprint density at radius 2 is 1.90 bits per heavy atom. The summed E-state index contributed by atoms with van der Waals surface area (Å²) in [4.78, 5) is 32.0. The Hall–Kier alpha value is -3.09. The van der Waals surface area contributed by atoms with Gasteiger partial charge in [0.2, 0.25) is 0 Å². The Bertz CT molecular complexity index is 950. The number of nitrogens with zero attached hydrogens (tertiary/aromatic N) is 2. The van der Waals surface area contributed by atoms with Crippen LogP contribution in [0.5, 0.6) is 5.75 Å². The van der Waals surface area contributed by atoms with Crippen molar-refractivity contribution in [2.45, 2.75) is 38.5 Å². The Kier molecular flexibility index (Phi) is 6.39. The lowest BCUT2D eigenvalue weighted by Gasteiger charge is -2.32. The van der Waals surface area contributed by atoms with Crippen molar-refractivity contribution < 1.29 is 14.3 Å². The van der Waals surface area contributed by atoms with Gasteiger partial charge in [0.15, 0.2) is 0 Å². The van der Waals surface area contributed by atoms with Crippen LogP contribution in [-0.2, 0) is 0 Å². The number of carbonyl (C=O) groups is 2. The van der Waals surface area contributed by atoms with Crippen LogP contribution in [0.15, 0.2) is 36.4 Å². The van der Waals surface area contributed by atoms with Crippen molar-refractivity contribution in [2.24, 2.45) is 5.92 Å². The van der Waals surface area contributed by atoms with Gasteiger partial charge in [0, 0.05) is 43.0 Å². The summed E-state index contributed by atoms with van der Waals surface area (Å²) < 4.78 is 5.21. The maximum absolute atomic E-state index is 12.7. The Morgan fingerprint density at radius 1 is 1.13 bits per heavy atom. The van der Waals surface area contributed by atoms with E-state index in [-0.39, 0.29) is 17.9 Å². The van der Waals surface area contributed by atoms with Crippen LogP contribution in [0.1, 0.15) is 53.3 Å². The van der Waals surface area contributed by atoms with Crippen LogP contribution in [0.2, 0.25) is 0 Å². The minimum absolute atomic E-state index is 0.0346. The zero-order valence-electron chi connectivity index (χ0n) is 18.2. The van der Waals surface area contributed by atoms with Crippen LogP contribution in [0, 0.1) is 12.8 Å². The molecule has 4 rings (SSSR count). The minimum Gasteiger partial charge on any atom is -0.497 e. The summed E-state index contributed by atoms with van der Waals surface area (Å²) in [7, 11) is 1.60. The Morgan fingerprint density at radius 3 is 2.61 bits per heavy atom. The van der Waals surface area contributed by atoms with E-state index in [0.29, 0.717) is 36.0 Å². The number of methoxy groups -OCH3 is 1. The molecule has 31 heavy (non-hydrogen) atoms. The summed E-state index contributed by atoms with van der Waals surface area (Å²) in [6, 6.07) is 11.0. The number of likely N-dealkylation sites (tertiary alicyclic amines) is 1. The lowest BCUT2D eigenvalue weighted by molar-refractivity contribution is 0.0949. The molecule has 2 aliphatic rings. The average Bonchev–Trinajstić information content (AvgIpc) is 3.62. The molecule has 1 saturated carbocycles. The molecule has 1 aromatic heterocycles. The van der Waals surface area contributed by atoms with Crippen molar-refractivity contribution in [3.8, 4) is 5.75 Å². The molecule has 1 aliphatic carbocycles. The molecular formula is C24H30N4O3. The lowest BCUT2D eigenvalue weighted by Crippen LogP contribution is -2.41. The molecule has 3 amide bonds. The first kappa shape index (κ1) is 21.2. The number of rotatable bonds is 6. The zero-order chi connectivity index (χ0) is 21.8. The summed E-state index contributed by atoms with van der Waals surface area (Å²) >= 11 is 0. The first-order valence-corrected chi connectivity index (χ1v) is 11.0. The standard InChI is InChI=1S/C24H30N4O3/c1-16-6-9-21(23(29)25-15-17-7-8-17)22(26-16)18-10-12-28(13-11-18)24(30)27-19-4-3-5-20(14-19)31-2/h3-6,9,14,17-18H,7-8,10-13,15H2,1-2H3,(H,25,29)(H,27,30). The highest BCUT2D eigenvalue weighted by molar-refractivity contribution is 5.95. The van der Waals surface area contributed by atoms with Crippen molar-refractivity contribution in [3.63, 3.8) is 0 Å². The van der Waals surface area contributed by atoms with Gasteiger partial charge in [0.25, 0.3) is 5.91 Å². The molecule has 0 radical (unpaired) electrons. The van der Waals surface area contributed by atoms with Crippen molar-refractivity contribution in [1.29, 1.82) is 0 Å². The number of nitrogens with one attached hydrogen (secondary N) is 2. The van der Waals surface area contributed by atoms with E-state index in [2.05, 4.69) is 10.6 Å². The summed E-state index contributed by atoms with van der Waals surface area (Å²) in [5, 5.41) is 6.00. The Balaban J connectivity index is 1.38. The molecule has 0 bridgehead atoms. The fraction of sp³-hybridized carbons (Fsp3) is 0.458. The van der Waals surface area contributed by atoms with Gasteiger partial charge in [-0.1, -0.05) is 6.07 Å². The minimum atomic E-state index is -0.119. The molecule has 2 aromatic rings. The smallest absolute Gasteiger partial charge is 0.321 e. The number of ether oxygens (including phenoxy) is 1. The van der Waals surface area contributed by atoms with Crippen molar-refractivity contribution in [2.75, 3.05) is 32.1 Å². The maximum Gasteiger partial charge on any atom is 0.321 e. The quantitative estimate of drug-likeness (QED) is 0.738. The zero-order valence-corrected chi connectivity index (χ0v) is 18.2. The number of urea groups is 1. The van der Waals surface area contributed by atoms with Gasteiger partial charge in [-0.05, 0) is 62.8 Å². The van der Waals surface area contributed by atoms with E-state index in [4.69, 9.17) is 9.72 Å². The van der Waals surface area contributed by atoms with Crippen LogP contribution in [0.25, 0.3) is 0 Å². The van der Waals surface area contributed by atoms with Crippen LogP contribution in [0.3, 0.4) is 0 Å². The highest BCUT2D eigenvalue weighted by Crippen LogP contribution is 2.31. The largest absolute Gasteiger partial charge is 0.497 e. The van der Waals surface area contributed by atoms with Crippen LogP contribution in [-0.4, -0.2) is 48.6 Å². The molecule has 0 unspecified atom stereocenters. The van der Waals surface area contributed by atoms with Crippen molar-refractivity contribution >= 4 is 17.6 Å². The first-order valence-electron chi connectivity index (χ1n) is 11.0. The van der Waals surface area contributed by atoms with E-state index >= 15 is 0 Å². The second kappa shape index (κ2) is 9.37. The second-order valence-corrected chi connectivity index (χ2v) is 8.46. The lowest BCUT2D eigenvalue weighted by atomic mass is 9.90. The number of hydrogen-bond donors (Lipinski definition) is 2. The van der Waals surface area contributed by atoms with Crippen LogP contribution >= 0.6 is 0 Å². The number of pyridine rings is 1. The average molecular weight is 423 g/mol. The van der Waals surface area contributed by atoms with Gasteiger partial charge in [-0.2, -0.15) is 0 Å². The van der Waals surface area contributed by atoms with E-state index in [1.54, 1.807) is 13.2 Å². The summed E-state index contributed by atoms with van der Waals surface area (Å²) in [5.74, 6) is 1.47. The SMILES string of the molecule is COc1cccc(NC(=O)N2CCC(c3nc(C)ccc3C(=O)NCC3CC3)CC2)c1. The van der Waals surface area contributed by atoms with Gasteiger partial charge in [0.05, 0.1) is 18.4 Å². The summed E-state index contributed by atoms with van der Waals surface area (Å²) in [5.41, 5.74) is 3.15. The maximum atomic E-state index is 12.7. The third kappa shape index (κ3) is 5.34. The van der Waals surface area contributed by atoms with E-state index in [9.17, 15) is 9.59 Å². The molecule has 164 valence electrons. The summed E-state index contributed by atoms with van der Waals surface area (Å²) in [6.07, 6.45) is 3.97. The van der Waals surface area contributed by atoms with Gasteiger partial charge in [-0.15, -0.1) is 0 Å². The number of carbonyl (C=O) groups excluding carboxylic acids is 2. The molecule has 1 aromatic carbocycles. The van der Waals surface area contributed by atoms with Gasteiger partial charge in [-0.25, -0.2) is 4.79 Å². The molecule has 0 atom stereocenters. The molecule has 2 heterocycles. The van der Waals surface area contributed by atoms with Crippen LogP contribution in [0.4, 0.5) is 10.5 Å². The van der Waals surface area contributed by atoms with Crippen LogP contribution < -0.4 is 15.4 Å². The fourth-order valence-electron chi connectivity index (χ4n) is 3.99. The van der Waals surface area contributed by atoms with Gasteiger partial charge in [-0.3, -0.25) is 9.78 Å². The van der Waals surface area contributed by atoms with E-state index < -0.39 is 0 Å². The highest BCUT2D eigenvalue weighted by Gasteiger charge is 2.29. The monoisotopic (exact) mass is 422 g/mol. The molecule has 7 nitrogen and oxygen atoms in total. The molecule has 1 saturated heterocycles. The summed E-state index contributed by atoms with van der Waals surface area (Å²) in [6.45, 7) is 3.94. The number of hydrogen-bond acceptors (Lipinski definition) is 4. The highest BCUT2D eigenvalue weighted by atomic mass is 16.5. The molecule has 2 fully saturated rings. The van der Waals surface area contributed by atoms with Gasteiger partial charge < -0.3 is 20.3 Å². The Labute approximate surface area is 183 Å². The molecule has 2 N–H and O–H groups in total. The van der Waals surface area contributed by atoms with E-state index in [1.807, 2.05) is 42.2 Å². The number of piperidine rings is 1. The molecular weight excluding hydrogens is 392 g/mol. The topological polar surface area (TPSA) is 83.6 Å². The van der Waals surface area contributed by atoms with Crippen molar-refractivity contribution in [1.82, 2.24) is 15.2 Å². The predicted molar refractivity (Wildman–Crippen MR) is 120 cm³/mol. The molecule has 0 spiro atoms. The van der Waals surface area contributed by atoms with E-state index in [1.165, 1.54) is 12.8 Å². The number of aromatic nitrogens is 1. The number of anilines is 1. The van der Waals surface area contributed by atoms with Gasteiger partial charge >= 0.3 is 6.03 Å². The third-order valence-corrected chi connectivity index (χ3v) is 6.05. The first-order chi connectivity index (χ1) is 15.0. The third-order valence-electron chi connectivity index (χ3n) is 6.05. The normalized spacial score (nSPS) is 16.6.